The Labute approximate surface area is 83.8 Å². The van der Waals surface area contributed by atoms with Gasteiger partial charge in [-0.25, -0.2) is 0 Å². The lowest BCUT2D eigenvalue weighted by atomic mass is 10.0. The summed E-state index contributed by atoms with van der Waals surface area (Å²) in [6, 6.07) is 6.21. The minimum atomic E-state index is 0.857. The van der Waals surface area contributed by atoms with Crippen molar-refractivity contribution in [2.75, 3.05) is 5.73 Å². The van der Waals surface area contributed by atoms with E-state index in [-0.39, 0.29) is 0 Å². The number of aromatic nitrogens is 1. The summed E-state index contributed by atoms with van der Waals surface area (Å²) in [6.07, 6.45) is 0. The smallest absolute Gasteiger partial charge is 0.0755 e. The fraction of sp³-hybridized carbons (Fsp3) is 0.250. The van der Waals surface area contributed by atoms with Crippen molar-refractivity contribution in [3.05, 3.63) is 35.0 Å². The second-order valence-electron chi connectivity index (χ2n) is 3.76. The average Bonchev–Trinajstić information content (AvgIpc) is 2.16. The van der Waals surface area contributed by atoms with Crippen LogP contribution in [0, 0.1) is 20.8 Å². The summed E-state index contributed by atoms with van der Waals surface area (Å²) < 4.78 is 0. The molecule has 0 amide bonds. The minimum absolute atomic E-state index is 0.857. The van der Waals surface area contributed by atoms with Gasteiger partial charge in [0.2, 0.25) is 0 Å². The molecule has 2 aromatic rings. The molecule has 1 heterocycles. The summed E-state index contributed by atoms with van der Waals surface area (Å²) in [5, 5.41) is 1.17. The number of aryl methyl sites for hydroxylation is 3. The fourth-order valence-electron chi connectivity index (χ4n) is 1.72. The Morgan fingerprint density at radius 1 is 1.14 bits per heavy atom. The van der Waals surface area contributed by atoms with E-state index >= 15 is 0 Å². The van der Waals surface area contributed by atoms with Crippen molar-refractivity contribution in [1.82, 2.24) is 4.98 Å². The first-order valence-electron chi connectivity index (χ1n) is 4.72. The van der Waals surface area contributed by atoms with E-state index in [1.54, 1.807) is 0 Å². The molecule has 0 saturated carbocycles. The van der Waals surface area contributed by atoms with Crippen molar-refractivity contribution < 1.29 is 0 Å². The predicted octanol–water partition coefficient (Wildman–Crippen LogP) is 2.74. The number of hydrogen-bond donors (Lipinski definition) is 1. The number of pyridine rings is 1. The first-order chi connectivity index (χ1) is 6.59. The molecule has 0 aliphatic rings. The van der Waals surface area contributed by atoms with Crippen LogP contribution in [-0.4, -0.2) is 4.98 Å². The van der Waals surface area contributed by atoms with E-state index in [0.717, 1.165) is 28.0 Å². The normalized spacial score (nSPS) is 10.8. The standard InChI is InChI=1S/C12H14N2/c1-7-6-10-5-4-8(2)14-12(10)9(3)11(7)13/h4-6H,13H2,1-3H3. The molecular formula is C12H14N2. The molecule has 72 valence electrons. The third-order valence-corrected chi connectivity index (χ3v) is 2.62. The number of hydrogen-bond acceptors (Lipinski definition) is 2. The molecule has 14 heavy (non-hydrogen) atoms. The number of anilines is 1. The van der Waals surface area contributed by atoms with Crippen LogP contribution in [0.3, 0.4) is 0 Å². The molecule has 0 aliphatic heterocycles. The molecular weight excluding hydrogens is 172 g/mol. The maximum Gasteiger partial charge on any atom is 0.0755 e. The van der Waals surface area contributed by atoms with Crippen molar-refractivity contribution in [1.29, 1.82) is 0 Å². The van der Waals surface area contributed by atoms with Crippen LogP contribution in [-0.2, 0) is 0 Å². The van der Waals surface area contributed by atoms with Gasteiger partial charge in [0.05, 0.1) is 5.52 Å². The van der Waals surface area contributed by atoms with Gasteiger partial charge in [-0.1, -0.05) is 6.07 Å². The van der Waals surface area contributed by atoms with Crippen LogP contribution >= 0.6 is 0 Å². The molecule has 0 unspecified atom stereocenters. The van der Waals surface area contributed by atoms with E-state index in [9.17, 15) is 0 Å². The van der Waals surface area contributed by atoms with Gasteiger partial charge in [0.25, 0.3) is 0 Å². The fourth-order valence-corrected chi connectivity index (χ4v) is 1.72. The Morgan fingerprint density at radius 2 is 1.86 bits per heavy atom. The third kappa shape index (κ3) is 1.23. The summed E-state index contributed by atoms with van der Waals surface area (Å²) in [4.78, 5) is 4.50. The topological polar surface area (TPSA) is 38.9 Å². The van der Waals surface area contributed by atoms with Gasteiger partial charge in [-0.05, 0) is 44.0 Å². The van der Waals surface area contributed by atoms with Crippen molar-refractivity contribution in [2.24, 2.45) is 0 Å². The third-order valence-electron chi connectivity index (χ3n) is 2.62. The molecule has 0 radical (unpaired) electrons. The molecule has 2 nitrogen and oxygen atoms in total. The van der Waals surface area contributed by atoms with Crippen molar-refractivity contribution in [2.45, 2.75) is 20.8 Å². The second kappa shape index (κ2) is 2.98. The maximum atomic E-state index is 5.96. The molecule has 2 N–H and O–H groups in total. The van der Waals surface area contributed by atoms with Crippen molar-refractivity contribution in [3.8, 4) is 0 Å². The van der Waals surface area contributed by atoms with E-state index in [1.807, 2.05) is 26.8 Å². The molecule has 0 atom stereocenters. The van der Waals surface area contributed by atoms with Gasteiger partial charge in [-0.15, -0.1) is 0 Å². The second-order valence-corrected chi connectivity index (χ2v) is 3.76. The monoisotopic (exact) mass is 186 g/mol. The molecule has 2 rings (SSSR count). The Bertz CT molecular complexity index is 501. The summed E-state index contributed by atoms with van der Waals surface area (Å²) in [5.74, 6) is 0. The van der Waals surface area contributed by atoms with E-state index in [1.165, 1.54) is 5.39 Å². The largest absolute Gasteiger partial charge is 0.398 e. The molecule has 1 aromatic heterocycles. The van der Waals surface area contributed by atoms with E-state index in [2.05, 4.69) is 17.1 Å². The Kier molecular flexibility index (Phi) is 1.92. The first-order valence-corrected chi connectivity index (χ1v) is 4.72. The van der Waals surface area contributed by atoms with Gasteiger partial charge >= 0.3 is 0 Å². The lowest BCUT2D eigenvalue weighted by Crippen LogP contribution is -1.96. The van der Waals surface area contributed by atoms with Crippen molar-refractivity contribution in [3.63, 3.8) is 0 Å². The molecule has 0 aliphatic carbocycles. The van der Waals surface area contributed by atoms with Gasteiger partial charge in [0, 0.05) is 16.8 Å². The molecule has 0 fully saturated rings. The van der Waals surface area contributed by atoms with E-state index in [4.69, 9.17) is 5.73 Å². The highest BCUT2D eigenvalue weighted by Crippen LogP contribution is 2.25. The maximum absolute atomic E-state index is 5.96. The molecule has 0 bridgehead atoms. The Morgan fingerprint density at radius 3 is 2.57 bits per heavy atom. The number of nitrogen functional groups attached to an aromatic ring is 1. The SMILES string of the molecule is Cc1ccc2cc(C)c(N)c(C)c2n1. The van der Waals surface area contributed by atoms with E-state index in [0.29, 0.717) is 0 Å². The van der Waals surface area contributed by atoms with E-state index < -0.39 is 0 Å². The van der Waals surface area contributed by atoms with Crippen LogP contribution in [0.1, 0.15) is 16.8 Å². The van der Waals surface area contributed by atoms with Gasteiger partial charge in [-0.2, -0.15) is 0 Å². The number of fused-ring (bicyclic) bond motifs is 1. The number of nitrogens with two attached hydrogens (primary N) is 1. The highest BCUT2D eigenvalue weighted by Gasteiger charge is 2.05. The number of rotatable bonds is 0. The lowest BCUT2D eigenvalue weighted by molar-refractivity contribution is 1.24. The summed E-state index contributed by atoms with van der Waals surface area (Å²) in [7, 11) is 0. The zero-order chi connectivity index (χ0) is 10.3. The van der Waals surface area contributed by atoms with Crippen LogP contribution in [0.4, 0.5) is 5.69 Å². The zero-order valence-corrected chi connectivity index (χ0v) is 8.76. The highest BCUT2D eigenvalue weighted by molar-refractivity contribution is 5.87. The van der Waals surface area contributed by atoms with Crippen LogP contribution in [0.2, 0.25) is 0 Å². The van der Waals surface area contributed by atoms with Crippen LogP contribution < -0.4 is 5.73 Å². The summed E-state index contributed by atoms with van der Waals surface area (Å²) in [5.41, 5.74) is 11.1. The van der Waals surface area contributed by atoms with Gasteiger partial charge in [-0.3, -0.25) is 4.98 Å². The van der Waals surface area contributed by atoms with Gasteiger partial charge in [0.1, 0.15) is 0 Å². The predicted molar refractivity (Wildman–Crippen MR) is 60.4 cm³/mol. The number of nitrogens with zero attached hydrogens (tertiary/aromatic N) is 1. The number of benzene rings is 1. The molecule has 1 aromatic carbocycles. The zero-order valence-electron chi connectivity index (χ0n) is 8.76. The van der Waals surface area contributed by atoms with Gasteiger partial charge < -0.3 is 5.73 Å². The highest BCUT2D eigenvalue weighted by atomic mass is 14.7. The van der Waals surface area contributed by atoms with Gasteiger partial charge in [0.15, 0.2) is 0 Å². The molecule has 2 heteroatoms. The minimum Gasteiger partial charge on any atom is -0.398 e. The Hall–Kier alpha value is -1.57. The quantitative estimate of drug-likeness (QED) is 0.642. The lowest BCUT2D eigenvalue weighted by Gasteiger charge is -2.08. The molecule has 0 spiro atoms. The summed E-state index contributed by atoms with van der Waals surface area (Å²) in [6.45, 7) is 6.05. The van der Waals surface area contributed by atoms with Crippen LogP contribution in [0.5, 0.6) is 0 Å². The first kappa shape index (κ1) is 9.00. The molecule has 0 saturated heterocycles. The summed E-state index contributed by atoms with van der Waals surface area (Å²) >= 11 is 0. The van der Waals surface area contributed by atoms with Crippen LogP contribution in [0.15, 0.2) is 18.2 Å². The van der Waals surface area contributed by atoms with Crippen molar-refractivity contribution >= 4 is 16.6 Å². The van der Waals surface area contributed by atoms with Crippen LogP contribution in [0.25, 0.3) is 10.9 Å². The average molecular weight is 186 g/mol. The Balaban J connectivity index is 2.92.